The summed E-state index contributed by atoms with van der Waals surface area (Å²) in [5, 5.41) is 14.3. The maximum Gasteiger partial charge on any atom is 0.144 e. The zero-order valence-corrected chi connectivity index (χ0v) is 10.4. The van der Waals surface area contributed by atoms with Crippen LogP contribution in [0.5, 0.6) is 0 Å². The van der Waals surface area contributed by atoms with Crippen LogP contribution < -0.4 is 5.32 Å². The van der Waals surface area contributed by atoms with Crippen molar-refractivity contribution in [2.24, 2.45) is 0 Å². The van der Waals surface area contributed by atoms with Gasteiger partial charge in [0.15, 0.2) is 0 Å². The monoisotopic (exact) mass is 243 g/mol. The van der Waals surface area contributed by atoms with Gasteiger partial charge in [-0.05, 0) is 36.9 Å². The molecule has 2 aromatic heterocycles. The van der Waals surface area contributed by atoms with Crippen LogP contribution >= 0.6 is 11.3 Å². The van der Waals surface area contributed by atoms with Crippen molar-refractivity contribution in [1.29, 1.82) is 5.26 Å². The molecule has 17 heavy (non-hydrogen) atoms. The fourth-order valence-electron chi connectivity index (χ4n) is 1.54. The van der Waals surface area contributed by atoms with Crippen molar-refractivity contribution in [3.05, 3.63) is 45.8 Å². The van der Waals surface area contributed by atoms with Crippen LogP contribution in [-0.2, 0) is 6.42 Å². The van der Waals surface area contributed by atoms with Gasteiger partial charge in [0.1, 0.15) is 11.9 Å². The Hall–Kier alpha value is -1.86. The summed E-state index contributed by atoms with van der Waals surface area (Å²) in [7, 11) is 0. The quantitative estimate of drug-likeness (QED) is 0.898. The number of hydrogen-bond donors (Lipinski definition) is 1. The Morgan fingerprint density at radius 1 is 1.41 bits per heavy atom. The van der Waals surface area contributed by atoms with Crippen LogP contribution in [-0.4, -0.2) is 11.5 Å². The van der Waals surface area contributed by atoms with Crippen LogP contribution in [0.25, 0.3) is 0 Å². The highest BCUT2D eigenvalue weighted by Gasteiger charge is 2.03. The smallest absolute Gasteiger partial charge is 0.144 e. The molecule has 0 radical (unpaired) electrons. The fraction of sp³-hybridized carbons (Fsp3) is 0.231. The first-order valence-electron chi connectivity index (χ1n) is 5.43. The molecule has 0 fully saturated rings. The van der Waals surface area contributed by atoms with E-state index >= 15 is 0 Å². The second-order valence-corrected chi connectivity index (χ2v) is 4.75. The van der Waals surface area contributed by atoms with E-state index in [4.69, 9.17) is 5.26 Å². The number of rotatable bonds is 4. The topological polar surface area (TPSA) is 48.7 Å². The Labute approximate surface area is 105 Å². The number of thiophene rings is 1. The Morgan fingerprint density at radius 3 is 3.00 bits per heavy atom. The molecule has 0 aliphatic rings. The van der Waals surface area contributed by atoms with Crippen molar-refractivity contribution in [3.63, 3.8) is 0 Å². The van der Waals surface area contributed by atoms with Crippen LogP contribution in [0.4, 0.5) is 5.82 Å². The van der Waals surface area contributed by atoms with Crippen molar-refractivity contribution in [2.75, 3.05) is 11.9 Å². The normalized spacial score (nSPS) is 9.88. The van der Waals surface area contributed by atoms with E-state index in [-0.39, 0.29) is 0 Å². The third kappa shape index (κ3) is 3.05. The number of pyridine rings is 1. The molecule has 0 saturated heterocycles. The third-order valence-corrected chi connectivity index (χ3v) is 3.34. The van der Waals surface area contributed by atoms with E-state index in [1.807, 2.05) is 19.1 Å². The molecule has 0 unspecified atom stereocenters. The minimum Gasteiger partial charge on any atom is -0.369 e. The van der Waals surface area contributed by atoms with E-state index in [2.05, 4.69) is 27.8 Å². The van der Waals surface area contributed by atoms with Gasteiger partial charge in [-0.1, -0.05) is 6.07 Å². The number of anilines is 1. The van der Waals surface area contributed by atoms with Crippen LogP contribution in [0.3, 0.4) is 0 Å². The van der Waals surface area contributed by atoms with Gasteiger partial charge in [-0.15, -0.1) is 11.3 Å². The van der Waals surface area contributed by atoms with Gasteiger partial charge in [-0.2, -0.15) is 5.26 Å². The lowest BCUT2D eigenvalue weighted by Crippen LogP contribution is -2.07. The maximum absolute atomic E-state index is 8.96. The molecule has 0 aliphatic heterocycles. The van der Waals surface area contributed by atoms with Gasteiger partial charge in [0.2, 0.25) is 0 Å². The molecular weight excluding hydrogens is 230 g/mol. The van der Waals surface area contributed by atoms with E-state index in [9.17, 15) is 0 Å². The van der Waals surface area contributed by atoms with Gasteiger partial charge in [0.05, 0.1) is 5.56 Å². The molecule has 4 heteroatoms. The van der Waals surface area contributed by atoms with Crippen molar-refractivity contribution in [2.45, 2.75) is 13.3 Å². The first-order valence-corrected chi connectivity index (χ1v) is 6.31. The zero-order chi connectivity index (χ0) is 12.1. The van der Waals surface area contributed by atoms with Gasteiger partial charge < -0.3 is 5.32 Å². The summed E-state index contributed by atoms with van der Waals surface area (Å²) < 4.78 is 0. The molecule has 2 aromatic rings. The molecule has 0 bridgehead atoms. The predicted molar refractivity (Wildman–Crippen MR) is 70.2 cm³/mol. The molecule has 2 heterocycles. The average Bonchev–Trinajstić information content (AvgIpc) is 2.82. The number of nitriles is 1. The summed E-state index contributed by atoms with van der Waals surface area (Å²) in [6, 6.07) is 9.96. The molecule has 0 atom stereocenters. The molecule has 86 valence electrons. The highest BCUT2D eigenvalue weighted by Crippen LogP contribution is 2.13. The highest BCUT2D eigenvalue weighted by atomic mass is 32.1. The highest BCUT2D eigenvalue weighted by molar-refractivity contribution is 7.09. The lowest BCUT2D eigenvalue weighted by atomic mass is 10.2. The maximum atomic E-state index is 8.96. The van der Waals surface area contributed by atoms with Crippen LogP contribution in [0.1, 0.15) is 16.1 Å². The summed E-state index contributed by atoms with van der Waals surface area (Å²) in [4.78, 5) is 5.67. The van der Waals surface area contributed by atoms with Gasteiger partial charge in [-0.25, -0.2) is 4.98 Å². The Morgan fingerprint density at radius 2 is 2.29 bits per heavy atom. The SMILES string of the molecule is Cc1ccc(C#N)c(NCCc2cccs2)n1. The van der Waals surface area contributed by atoms with Gasteiger partial charge in [0, 0.05) is 17.1 Å². The van der Waals surface area contributed by atoms with Crippen LogP contribution in [0.2, 0.25) is 0 Å². The third-order valence-electron chi connectivity index (χ3n) is 2.40. The summed E-state index contributed by atoms with van der Waals surface area (Å²) >= 11 is 1.75. The Balaban J connectivity index is 1.99. The standard InChI is InChI=1S/C13H13N3S/c1-10-4-5-11(9-14)13(16-10)15-7-6-12-3-2-8-17-12/h2-5,8H,6-7H2,1H3,(H,15,16). The molecule has 0 aliphatic carbocycles. The van der Waals surface area contributed by atoms with Crippen molar-refractivity contribution in [1.82, 2.24) is 4.98 Å². The van der Waals surface area contributed by atoms with Crippen molar-refractivity contribution < 1.29 is 0 Å². The first kappa shape index (κ1) is 11.6. The summed E-state index contributed by atoms with van der Waals surface area (Å²) in [6.07, 6.45) is 0.957. The lowest BCUT2D eigenvalue weighted by Gasteiger charge is -2.07. The van der Waals surface area contributed by atoms with E-state index in [0.29, 0.717) is 11.4 Å². The molecule has 0 amide bonds. The molecule has 0 spiro atoms. The number of aryl methyl sites for hydroxylation is 1. The largest absolute Gasteiger partial charge is 0.369 e. The van der Waals surface area contributed by atoms with Gasteiger partial charge in [0.25, 0.3) is 0 Å². The van der Waals surface area contributed by atoms with Crippen LogP contribution in [0.15, 0.2) is 29.6 Å². The number of nitrogens with one attached hydrogen (secondary N) is 1. The molecule has 0 aromatic carbocycles. The van der Waals surface area contributed by atoms with E-state index < -0.39 is 0 Å². The lowest BCUT2D eigenvalue weighted by molar-refractivity contribution is 1.02. The predicted octanol–water partition coefficient (Wildman–Crippen LogP) is 2.98. The Bertz CT molecular complexity index is 526. The van der Waals surface area contributed by atoms with Crippen LogP contribution in [0, 0.1) is 18.3 Å². The number of hydrogen-bond acceptors (Lipinski definition) is 4. The molecule has 2 rings (SSSR count). The van der Waals surface area contributed by atoms with E-state index in [1.54, 1.807) is 17.4 Å². The second-order valence-electron chi connectivity index (χ2n) is 3.72. The van der Waals surface area contributed by atoms with E-state index in [0.717, 1.165) is 18.7 Å². The summed E-state index contributed by atoms with van der Waals surface area (Å²) in [5.41, 5.74) is 1.52. The van der Waals surface area contributed by atoms with E-state index in [1.165, 1.54) is 4.88 Å². The minimum absolute atomic E-state index is 0.599. The second kappa shape index (κ2) is 5.46. The van der Waals surface area contributed by atoms with Gasteiger partial charge in [-0.3, -0.25) is 0 Å². The van der Waals surface area contributed by atoms with Gasteiger partial charge >= 0.3 is 0 Å². The molecular formula is C13H13N3S. The average molecular weight is 243 g/mol. The summed E-state index contributed by atoms with van der Waals surface area (Å²) in [6.45, 7) is 2.72. The molecule has 0 saturated carbocycles. The summed E-state index contributed by atoms with van der Waals surface area (Å²) in [5.74, 6) is 0.684. The molecule has 1 N–H and O–H groups in total. The van der Waals surface area contributed by atoms with Crippen molar-refractivity contribution in [3.8, 4) is 6.07 Å². The van der Waals surface area contributed by atoms with Crippen molar-refractivity contribution >= 4 is 17.2 Å². The molecule has 3 nitrogen and oxygen atoms in total. The fourth-order valence-corrected chi connectivity index (χ4v) is 2.25. The Kier molecular flexibility index (Phi) is 3.73. The first-order chi connectivity index (χ1) is 8.29. The minimum atomic E-state index is 0.599. The number of aromatic nitrogens is 1. The number of nitrogens with zero attached hydrogens (tertiary/aromatic N) is 2. The zero-order valence-electron chi connectivity index (χ0n) is 9.60.